The molecule has 0 aliphatic carbocycles. The molecule has 2 amide bonds. The molecular formula is C20H23N3O2. The Kier molecular flexibility index (Phi) is 5.03. The average Bonchev–Trinajstić information content (AvgIpc) is 2.63. The van der Waals surface area contributed by atoms with E-state index in [2.05, 4.69) is 47.6 Å². The van der Waals surface area contributed by atoms with Gasteiger partial charge in [0.2, 0.25) is 5.88 Å². The number of hydrogen-bond donors (Lipinski definition) is 1. The van der Waals surface area contributed by atoms with Crippen LogP contribution in [-0.2, 0) is 0 Å². The van der Waals surface area contributed by atoms with Gasteiger partial charge in [-0.15, -0.1) is 0 Å². The van der Waals surface area contributed by atoms with Gasteiger partial charge in [0.05, 0.1) is 18.5 Å². The average molecular weight is 337 g/mol. The molecule has 25 heavy (non-hydrogen) atoms. The number of pyridine rings is 1. The summed E-state index contributed by atoms with van der Waals surface area (Å²) < 4.78 is 5.09. The van der Waals surface area contributed by atoms with Crippen LogP contribution in [0.5, 0.6) is 5.88 Å². The molecule has 0 bridgehead atoms. The van der Waals surface area contributed by atoms with Crippen LogP contribution in [0.3, 0.4) is 0 Å². The molecule has 130 valence electrons. The number of carbonyl (C=O) groups excluding carboxylic acids is 1. The molecule has 0 atom stereocenters. The second-order valence-corrected chi connectivity index (χ2v) is 6.21. The zero-order chi connectivity index (χ0) is 17.8. The highest BCUT2D eigenvalue weighted by Crippen LogP contribution is 2.24. The van der Waals surface area contributed by atoms with Crippen LogP contribution in [0.4, 0.5) is 10.5 Å². The third kappa shape index (κ3) is 3.99. The molecule has 0 unspecified atom stereocenters. The zero-order valence-corrected chi connectivity index (χ0v) is 14.9. The van der Waals surface area contributed by atoms with Crippen molar-refractivity contribution in [3.8, 4) is 5.88 Å². The fourth-order valence-electron chi connectivity index (χ4n) is 2.94. The number of hydrogen-bond acceptors (Lipinski definition) is 3. The topological polar surface area (TPSA) is 54.5 Å². The van der Waals surface area contributed by atoms with Crippen molar-refractivity contribution < 1.29 is 9.53 Å². The van der Waals surface area contributed by atoms with Crippen LogP contribution in [0.15, 0.2) is 42.5 Å². The number of urea groups is 1. The number of aromatic nitrogens is 1. The first-order valence-corrected chi connectivity index (χ1v) is 8.40. The molecule has 5 heteroatoms. The Morgan fingerprint density at radius 3 is 2.72 bits per heavy atom. The van der Waals surface area contributed by atoms with E-state index in [0.29, 0.717) is 24.7 Å². The van der Waals surface area contributed by atoms with Crippen molar-refractivity contribution in [3.05, 3.63) is 59.3 Å². The summed E-state index contributed by atoms with van der Waals surface area (Å²) in [5.41, 5.74) is 5.24. The molecule has 2 aromatic rings. The van der Waals surface area contributed by atoms with Gasteiger partial charge >= 0.3 is 6.03 Å². The molecule has 1 aliphatic rings. The van der Waals surface area contributed by atoms with Crippen molar-refractivity contribution in [3.63, 3.8) is 0 Å². The van der Waals surface area contributed by atoms with Crippen LogP contribution >= 0.6 is 0 Å². The van der Waals surface area contributed by atoms with Crippen LogP contribution in [0.2, 0.25) is 0 Å². The summed E-state index contributed by atoms with van der Waals surface area (Å²) in [4.78, 5) is 18.6. The maximum absolute atomic E-state index is 12.5. The Hall–Kier alpha value is -2.82. The van der Waals surface area contributed by atoms with Crippen molar-refractivity contribution in [1.29, 1.82) is 0 Å². The predicted octanol–water partition coefficient (Wildman–Crippen LogP) is 4.03. The maximum atomic E-state index is 12.5. The smallest absolute Gasteiger partial charge is 0.322 e. The first-order chi connectivity index (χ1) is 12.1. The molecule has 1 N–H and O–H groups in total. The summed E-state index contributed by atoms with van der Waals surface area (Å²) in [6, 6.07) is 11.9. The number of methoxy groups -OCH3 is 1. The summed E-state index contributed by atoms with van der Waals surface area (Å²) in [6.07, 6.45) is 2.99. The van der Waals surface area contributed by atoms with Gasteiger partial charge in [0.25, 0.3) is 0 Å². The van der Waals surface area contributed by atoms with Gasteiger partial charge in [-0.1, -0.05) is 35.9 Å². The molecule has 0 saturated heterocycles. The first kappa shape index (κ1) is 17.0. The molecule has 0 radical (unpaired) electrons. The van der Waals surface area contributed by atoms with Crippen molar-refractivity contribution >= 4 is 17.3 Å². The van der Waals surface area contributed by atoms with E-state index < -0.39 is 0 Å². The molecule has 1 aliphatic heterocycles. The lowest BCUT2D eigenvalue weighted by molar-refractivity contribution is 0.217. The highest BCUT2D eigenvalue weighted by Gasteiger charge is 2.18. The lowest BCUT2D eigenvalue weighted by Crippen LogP contribution is -2.38. The Morgan fingerprint density at radius 2 is 2.08 bits per heavy atom. The molecular weight excluding hydrogens is 314 g/mol. The third-order valence-corrected chi connectivity index (χ3v) is 4.40. The summed E-state index contributed by atoms with van der Waals surface area (Å²) in [6.45, 7) is 5.26. The van der Waals surface area contributed by atoms with Gasteiger partial charge in [-0.05, 0) is 37.5 Å². The standard InChI is InChI=1S/C20H23N3O2/c1-14-5-4-6-17(13-14)16-9-11-23(12-10-16)20(24)22-18-7-8-19(25-3)21-15(18)2/h4-9,13H,10-12H2,1-3H3,(H,22,24). The molecule has 3 rings (SSSR count). The highest BCUT2D eigenvalue weighted by atomic mass is 16.5. The highest BCUT2D eigenvalue weighted by molar-refractivity contribution is 5.90. The summed E-state index contributed by atoms with van der Waals surface area (Å²) >= 11 is 0. The van der Waals surface area contributed by atoms with Gasteiger partial charge in [-0.3, -0.25) is 0 Å². The number of benzene rings is 1. The van der Waals surface area contributed by atoms with Crippen LogP contribution in [0.1, 0.15) is 23.2 Å². The quantitative estimate of drug-likeness (QED) is 0.920. The SMILES string of the molecule is COc1ccc(NC(=O)N2CC=C(c3cccc(C)c3)CC2)c(C)n1. The Morgan fingerprint density at radius 1 is 1.24 bits per heavy atom. The van der Waals surface area contributed by atoms with E-state index in [1.54, 1.807) is 13.2 Å². The fraction of sp³-hybridized carbons (Fsp3) is 0.300. The lowest BCUT2D eigenvalue weighted by atomic mass is 9.98. The molecule has 1 aromatic heterocycles. The lowest BCUT2D eigenvalue weighted by Gasteiger charge is -2.27. The van der Waals surface area contributed by atoms with E-state index in [1.807, 2.05) is 17.9 Å². The van der Waals surface area contributed by atoms with E-state index >= 15 is 0 Å². The van der Waals surface area contributed by atoms with Crippen LogP contribution < -0.4 is 10.1 Å². The van der Waals surface area contributed by atoms with Gasteiger partial charge in [-0.2, -0.15) is 0 Å². The minimum absolute atomic E-state index is 0.102. The number of rotatable bonds is 3. The van der Waals surface area contributed by atoms with Crippen molar-refractivity contribution in [2.24, 2.45) is 0 Å². The van der Waals surface area contributed by atoms with Gasteiger partial charge in [-0.25, -0.2) is 9.78 Å². The monoisotopic (exact) mass is 337 g/mol. The molecule has 2 heterocycles. The number of amides is 2. The maximum Gasteiger partial charge on any atom is 0.322 e. The molecule has 5 nitrogen and oxygen atoms in total. The largest absolute Gasteiger partial charge is 0.481 e. The number of aryl methyl sites for hydroxylation is 2. The predicted molar refractivity (Wildman–Crippen MR) is 99.9 cm³/mol. The second-order valence-electron chi connectivity index (χ2n) is 6.21. The molecule has 0 saturated carbocycles. The molecule has 0 fully saturated rings. The van der Waals surface area contributed by atoms with Gasteiger partial charge < -0.3 is 15.0 Å². The van der Waals surface area contributed by atoms with Gasteiger partial charge in [0, 0.05) is 19.2 Å². The Balaban J connectivity index is 1.65. The number of nitrogens with zero attached hydrogens (tertiary/aromatic N) is 2. The summed E-state index contributed by atoms with van der Waals surface area (Å²) in [5.74, 6) is 0.541. The minimum atomic E-state index is -0.102. The Labute approximate surface area is 148 Å². The van der Waals surface area contributed by atoms with Crippen LogP contribution in [0, 0.1) is 13.8 Å². The fourth-order valence-corrected chi connectivity index (χ4v) is 2.94. The van der Waals surface area contributed by atoms with Crippen molar-refractivity contribution in [1.82, 2.24) is 9.88 Å². The zero-order valence-electron chi connectivity index (χ0n) is 14.9. The molecule has 0 spiro atoms. The normalized spacial score (nSPS) is 14.0. The number of carbonyl (C=O) groups is 1. The van der Waals surface area contributed by atoms with Crippen molar-refractivity contribution in [2.45, 2.75) is 20.3 Å². The van der Waals surface area contributed by atoms with E-state index in [-0.39, 0.29) is 6.03 Å². The Bertz CT molecular complexity index is 814. The number of nitrogens with one attached hydrogen (secondary N) is 1. The second kappa shape index (κ2) is 7.38. The molecule has 1 aromatic carbocycles. The first-order valence-electron chi connectivity index (χ1n) is 8.40. The third-order valence-electron chi connectivity index (χ3n) is 4.40. The van der Waals surface area contributed by atoms with Crippen LogP contribution in [0.25, 0.3) is 5.57 Å². The summed E-state index contributed by atoms with van der Waals surface area (Å²) in [7, 11) is 1.58. The van der Waals surface area contributed by atoms with Gasteiger partial charge in [0.15, 0.2) is 0 Å². The minimum Gasteiger partial charge on any atom is -0.481 e. The van der Waals surface area contributed by atoms with E-state index in [9.17, 15) is 4.79 Å². The van der Waals surface area contributed by atoms with Gasteiger partial charge in [0.1, 0.15) is 0 Å². The number of anilines is 1. The van der Waals surface area contributed by atoms with Crippen LogP contribution in [-0.4, -0.2) is 36.1 Å². The van der Waals surface area contributed by atoms with E-state index in [0.717, 1.165) is 12.1 Å². The van der Waals surface area contributed by atoms with E-state index in [1.165, 1.54) is 16.7 Å². The number of ether oxygens (including phenoxy) is 1. The summed E-state index contributed by atoms with van der Waals surface area (Å²) in [5, 5.41) is 2.93. The van der Waals surface area contributed by atoms with Crippen molar-refractivity contribution in [2.75, 3.05) is 25.5 Å². The van der Waals surface area contributed by atoms with E-state index in [4.69, 9.17) is 4.74 Å².